The summed E-state index contributed by atoms with van der Waals surface area (Å²) in [6.45, 7) is 1.96. The van der Waals surface area contributed by atoms with Crippen LogP contribution in [0.25, 0.3) is 0 Å². The van der Waals surface area contributed by atoms with Crippen molar-refractivity contribution in [2.24, 2.45) is 23.7 Å². The summed E-state index contributed by atoms with van der Waals surface area (Å²) in [7, 11) is 0. The number of carbonyl (C=O) groups is 3. The Morgan fingerprint density at radius 2 is 2.03 bits per heavy atom. The van der Waals surface area contributed by atoms with E-state index in [0.29, 0.717) is 18.4 Å². The van der Waals surface area contributed by atoms with Crippen LogP contribution in [0.15, 0.2) is 54.6 Å². The van der Waals surface area contributed by atoms with Crippen LogP contribution in [0.1, 0.15) is 43.0 Å². The number of esters is 2. The van der Waals surface area contributed by atoms with Crippen molar-refractivity contribution in [1.82, 2.24) is 0 Å². The highest BCUT2D eigenvalue weighted by atomic mass is 16.6. The molecule has 1 aliphatic heterocycles. The predicted molar refractivity (Wildman–Crippen MR) is 107 cm³/mol. The molecule has 1 aromatic carbocycles. The van der Waals surface area contributed by atoms with E-state index >= 15 is 0 Å². The molecule has 1 saturated heterocycles. The van der Waals surface area contributed by atoms with Gasteiger partial charge in [0.1, 0.15) is 12.2 Å². The van der Waals surface area contributed by atoms with E-state index in [4.69, 9.17) is 9.47 Å². The van der Waals surface area contributed by atoms with Crippen molar-refractivity contribution in [2.75, 3.05) is 0 Å². The Bertz CT molecular complexity index is 840. The minimum Gasteiger partial charge on any atom is -0.462 e. The minimum absolute atomic E-state index is 0.0539. The maximum atomic E-state index is 12.7. The first-order chi connectivity index (χ1) is 14.0. The van der Waals surface area contributed by atoms with Gasteiger partial charge in [-0.1, -0.05) is 43.4 Å². The van der Waals surface area contributed by atoms with Gasteiger partial charge in [-0.3, -0.25) is 9.59 Å². The lowest BCUT2D eigenvalue weighted by Crippen LogP contribution is -2.25. The summed E-state index contributed by atoms with van der Waals surface area (Å²) < 4.78 is 11.2. The molecule has 1 heterocycles. The van der Waals surface area contributed by atoms with Crippen LogP contribution in [0, 0.1) is 23.7 Å². The quantitative estimate of drug-likeness (QED) is 0.416. The number of carbonyl (C=O) groups excluding carboxylic acids is 3. The Balaban J connectivity index is 1.47. The zero-order valence-corrected chi connectivity index (χ0v) is 16.5. The second-order valence-electron chi connectivity index (χ2n) is 8.24. The predicted octanol–water partition coefficient (Wildman–Crippen LogP) is 3.89. The Labute approximate surface area is 170 Å². The van der Waals surface area contributed by atoms with Gasteiger partial charge >= 0.3 is 11.9 Å². The summed E-state index contributed by atoms with van der Waals surface area (Å²) in [6, 6.07) is 8.84. The molecule has 6 atom stereocenters. The number of ketones is 1. The summed E-state index contributed by atoms with van der Waals surface area (Å²) >= 11 is 0. The number of rotatable bonds is 6. The molecule has 2 fully saturated rings. The average Bonchev–Trinajstić information content (AvgIpc) is 3.43. The molecule has 0 N–H and O–H groups in total. The van der Waals surface area contributed by atoms with E-state index in [0.717, 1.165) is 12.8 Å². The molecule has 4 rings (SSSR count). The fraction of sp³-hybridized carbons (Fsp3) is 0.458. The fourth-order valence-corrected chi connectivity index (χ4v) is 4.71. The minimum atomic E-state index is -0.406. The molecule has 1 saturated carbocycles. The maximum absolute atomic E-state index is 12.7. The molecule has 3 aliphatic rings. The summed E-state index contributed by atoms with van der Waals surface area (Å²) in [5.74, 6) is -0.585. The molecule has 0 aromatic heterocycles. The third kappa shape index (κ3) is 4.19. The van der Waals surface area contributed by atoms with Gasteiger partial charge in [0.2, 0.25) is 0 Å². The van der Waals surface area contributed by atoms with E-state index in [1.807, 2.05) is 19.1 Å². The first-order valence-electron chi connectivity index (χ1n) is 10.4. The summed E-state index contributed by atoms with van der Waals surface area (Å²) in [6.07, 6.45) is 9.85. The number of benzene rings is 1. The molecule has 5 nitrogen and oxygen atoms in total. The van der Waals surface area contributed by atoms with Crippen molar-refractivity contribution in [2.45, 2.75) is 44.8 Å². The van der Waals surface area contributed by atoms with Crippen LogP contribution in [-0.2, 0) is 19.1 Å². The SMILES string of the molecule is CC(C(=O)C=C[C@@H]1[C@H]2CC(=O)O[C@H]2C[C@H]1OC(=O)c1ccccc1)C1C=CCC1. The maximum Gasteiger partial charge on any atom is 0.338 e. The van der Waals surface area contributed by atoms with Crippen molar-refractivity contribution >= 4 is 17.7 Å². The number of fused-ring (bicyclic) bond motifs is 1. The molecule has 152 valence electrons. The van der Waals surface area contributed by atoms with Crippen LogP contribution in [0.4, 0.5) is 0 Å². The van der Waals surface area contributed by atoms with Gasteiger partial charge in [-0.15, -0.1) is 0 Å². The lowest BCUT2D eigenvalue weighted by atomic mass is 9.87. The second kappa shape index (κ2) is 8.36. The van der Waals surface area contributed by atoms with Crippen molar-refractivity contribution < 1.29 is 23.9 Å². The molecule has 0 radical (unpaired) electrons. The Morgan fingerprint density at radius 3 is 2.76 bits per heavy atom. The van der Waals surface area contributed by atoms with Crippen LogP contribution in [0.5, 0.6) is 0 Å². The van der Waals surface area contributed by atoms with Crippen molar-refractivity contribution in [3.63, 3.8) is 0 Å². The number of ether oxygens (including phenoxy) is 2. The van der Waals surface area contributed by atoms with Crippen molar-refractivity contribution in [3.8, 4) is 0 Å². The molecule has 2 aliphatic carbocycles. The van der Waals surface area contributed by atoms with E-state index < -0.39 is 12.1 Å². The normalized spacial score (nSPS) is 31.6. The first-order valence-corrected chi connectivity index (χ1v) is 10.4. The molecule has 0 spiro atoms. The second-order valence-corrected chi connectivity index (χ2v) is 8.24. The molecular weight excluding hydrogens is 368 g/mol. The standard InChI is InChI=1S/C24H26O5/c1-15(16-7-5-6-8-16)20(25)12-11-18-19-13-23(26)28-22(19)14-21(18)29-24(27)17-9-3-2-4-10-17/h2-5,7,9-12,15-16,18-19,21-22H,6,8,13-14H2,1H3/t15?,16?,18-,19-,21-,22+/m1/s1. The van der Waals surface area contributed by atoms with Crippen molar-refractivity contribution in [1.29, 1.82) is 0 Å². The summed E-state index contributed by atoms with van der Waals surface area (Å²) in [5.41, 5.74) is 0.488. The van der Waals surface area contributed by atoms with Gasteiger partial charge in [0.15, 0.2) is 5.78 Å². The summed E-state index contributed by atoms with van der Waals surface area (Å²) in [5, 5.41) is 0. The van der Waals surface area contributed by atoms with E-state index in [1.165, 1.54) is 0 Å². The van der Waals surface area contributed by atoms with Crippen LogP contribution in [-0.4, -0.2) is 29.9 Å². The lowest BCUT2D eigenvalue weighted by Gasteiger charge is -2.20. The molecular formula is C24H26O5. The topological polar surface area (TPSA) is 69.7 Å². The Morgan fingerprint density at radius 1 is 1.24 bits per heavy atom. The Hall–Kier alpha value is -2.69. The van der Waals surface area contributed by atoms with Gasteiger partial charge in [-0.25, -0.2) is 4.79 Å². The van der Waals surface area contributed by atoms with Gasteiger partial charge in [0, 0.05) is 24.2 Å². The first kappa shape index (κ1) is 19.6. The van der Waals surface area contributed by atoms with E-state index in [1.54, 1.807) is 30.3 Å². The third-order valence-corrected chi connectivity index (χ3v) is 6.44. The van der Waals surface area contributed by atoms with Crippen LogP contribution in [0.3, 0.4) is 0 Å². The Kier molecular flexibility index (Phi) is 5.65. The van der Waals surface area contributed by atoms with Gasteiger partial charge < -0.3 is 9.47 Å². The molecule has 0 amide bonds. The van der Waals surface area contributed by atoms with Crippen molar-refractivity contribution in [3.05, 3.63) is 60.2 Å². The van der Waals surface area contributed by atoms with Crippen LogP contribution in [0.2, 0.25) is 0 Å². The van der Waals surface area contributed by atoms with Gasteiger partial charge in [-0.05, 0) is 37.0 Å². The van der Waals surface area contributed by atoms with E-state index in [-0.39, 0.29) is 41.5 Å². The number of allylic oxidation sites excluding steroid dienone is 3. The number of hydrogen-bond acceptors (Lipinski definition) is 5. The number of hydrogen-bond donors (Lipinski definition) is 0. The molecule has 5 heteroatoms. The smallest absolute Gasteiger partial charge is 0.338 e. The monoisotopic (exact) mass is 394 g/mol. The van der Waals surface area contributed by atoms with Crippen LogP contribution < -0.4 is 0 Å². The third-order valence-electron chi connectivity index (χ3n) is 6.44. The average molecular weight is 394 g/mol. The zero-order chi connectivity index (χ0) is 20.4. The molecule has 1 aromatic rings. The summed E-state index contributed by atoms with van der Waals surface area (Å²) in [4.78, 5) is 36.9. The van der Waals surface area contributed by atoms with E-state index in [9.17, 15) is 14.4 Å². The fourth-order valence-electron chi connectivity index (χ4n) is 4.71. The largest absolute Gasteiger partial charge is 0.462 e. The molecule has 0 bridgehead atoms. The molecule has 2 unspecified atom stereocenters. The highest BCUT2D eigenvalue weighted by Crippen LogP contribution is 2.43. The van der Waals surface area contributed by atoms with Gasteiger partial charge in [0.05, 0.1) is 12.0 Å². The van der Waals surface area contributed by atoms with Gasteiger partial charge in [-0.2, -0.15) is 0 Å². The lowest BCUT2D eigenvalue weighted by molar-refractivity contribution is -0.141. The highest BCUT2D eigenvalue weighted by molar-refractivity contribution is 5.92. The highest BCUT2D eigenvalue weighted by Gasteiger charge is 2.50. The molecule has 29 heavy (non-hydrogen) atoms. The zero-order valence-electron chi connectivity index (χ0n) is 16.5. The van der Waals surface area contributed by atoms with Gasteiger partial charge in [0.25, 0.3) is 0 Å². The van der Waals surface area contributed by atoms with E-state index in [2.05, 4.69) is 12.2 Å². The van der Waals surface area contributed by atoms with Crippen LogP contribution >= 0.6 is 0 Å².